The van der Waals surface area contributed by atoms with Gasteiger partial charge in [0, 0.05) is 12.6 Å². The summed E-state index contributed by atoms with van der Waals surface area (Å²) in [4.78, 5) is 2.50. The minimum Gasteiger partial charge on any atom is -0.300 e. The van der Waals surface area contributed by atoms with Gasteiger partial charge in [-0.25, -0.2) is 0 Å². The van der Waals surface area contributed by atoms with Gasteiger partial charge in [-0.15, -0.1) is 5.56 Å². The Morgan fingerprint density at radius 2 is 2.28 bits per heavy atom. The molecule has 0 unspecified atom stereocenters. The van der Waals surface area contributed by atoms with Crippen molar-refractivity contribution in [2.45, 2.75) is 37.6 Å². The molecular weight excluding hydrogens is 220 g/mol. The summed E-state index contributed by atoms with van der Waals surface area (Å²) in [5.41, 5.74) is 3.02. The zero-order valence-corrected chi connectivity index (χ0v) is 11.2. The van der Waals surface area contributed by atoms with Crippen molar-refractivity contribution in [3.05, 3.63) is 35.4 Å². The van der Waals surface area contributed by atoms with Crippen molar-refractivity contribution in [2.75, 3.05) is 19.8 Å². The Morgan fingerprint density at radius 3 is 3.11 bits per heavy atom. The third-order valence-electron chi connectivity index (χ3n) is 4.34. The fraction of sp³-hybridized carbons (Fsp3) is 0.600. The first-order chi connectivity index (χ1) is 8.40. The molecule has 3 rings (SSSR count). The van der Waals surface area contributed by atoms with E-state index in [2.05, 4.69) is 23.1 Å². The molecule has 0 radical (unpaired) electrons. The predicted octanol–water partition coefficient (Wildman–Crippen LogP) is -0.0455. The van der Waals surface area contributed by atoms with Crippen LogP contribution in [0.4, 0.5) is 4.39 Å². The molecule has 0 aromatic heterocycles. The molecule has 1 aromatic carbocycles. The number of hydrogen-bond acceptors (Lipinski definition) is 1. The molecule has 1 saturated heterocycles. The molecule has 0 spiro atoms. The summed E-state index contributed by atoms with van der Waals surface area (Å²) in [6.45, 7) is 1.90. The van der Waals surface area contributed by atoms with Crippen LogP contribution in [0.15, 0.2) is 18.2 Å². The maximum atomic E-state index is 12.3. The van der Waals surface area contributed by atoms with Gasteiger partial charge in [-0.1, -0.05) is 6.42 Å². The van der Waals surface area contributed by atoms with Gasteiger partial charge >= 0.3 is 18.9 Å². The van der Waals surface area contributed by atoms with E-state index in [-0.39, 0.29) is 25.5 Å². The number of nitrogens with zero attached hydrogens (tertiary/aromatic N) is 1. The van der Waals surface area contributed by atoms with Crippen LogP contribution in [-0.4, -0.2) is 30.7 Å². The van der Waals surface area contributed by atoms with Gasteiger partial charge in [0.15, 0.2) is 0 Å². The Balaban J connectivity index is 0.00000120. The van der Waals surface area contributed by atoms with Crippen LogP contribution >= 0.6 is 0 Å². The van der Waals surface area contributed by atoms with Gasteiger partial charge in [0.25, 0.3) is 0 Å². The standard InChI is InChI=1S/C15H19FN.Li/c16-9-3-10-17-11-8-14-13-5-2-1-4-12(13)6-7-15(14)17;/h2,4-5,14-15H,3,6-11H2;/q-1;+1/t14-,15+;/m0./s1. The summed E-state index contributed by atoms with van der Waals surface area (Å²) in [5, 5.41) is 0. The van der Waals surface area contributed by atoms with Gasteiger partial charge in [0.1, 0.15) is 0 Å². The Morgan fingerprint density at radius 1 is 1.39 bits per heavy atom. The van der Waals surface area contributed by atoms with Crippen LogP contribution < -0.4 is 18.9 Å². The normalized spacial score (nSPS) is 26.3. The van der Waals surface area contributed by atoms with Crippen molar-refractivity contribution in [1.29, 1.82) is 0 Å². The second-order valence-corrected chi connectivity index (χ2v) is 5.20. The molecule has 1 aliphatic carbocycles. The zero-order valence-electron chi connectivity index (χ0n) is 11.2. The number of halogens is 1. The van der Waals surface area contributed by atoms with Crippen molar-refractivity contribution in [3.8, 4) is 0 Å². The number of likely N-dealkylation sites (tertiary alicyclic amines) is 1. The third-order valence-corrected chi connectivity index (χ3v) is 4.34. The summed E-state index contributed by atoms with van der Waals surface area (Å²) in [6, 6.07) is 10.3. The van der Waals surface area contributed by atoms with Crippen molar-refractivity contribution >= 4 is 0 Å². The first-order valence-electron chi connectivity index (χ1n) is 6.69. The molecule has 1 heterocycles. The molecule has 1 nitrogen and oxygen atoms in total. The monoisotopic (exact) mass is 239 g/mol. The average Bonchev–Trinajstić information content (AvgIpc) is 2.80. The quantitative estimate of drug-likeness (QED) is 0.528. The van der Waals surface area contributed by atoms with Crippen LogP contribution in [-0.2, 0) is 6.42 Å². The van der Waals surface area contributed by atoms with Gasteiger partial charge in [0.05, 0.1) is 6.67 Å². The van der Waals surface area contributed by atoms with Crippen molar-refractivity contribution in [3.63, 3.8) is 0 Å². The molecule has 92 valence electrons. The summed E-state index contributed by atoms with van der Waals surface area (Å²) in [6.07, 6.45) is 4.34. The van der Waals surface area contributed by atoms with Gasteiger partial charge in [-0.3, -0.25) is 9.29 Å². The fourth-order valence-electron chi connectivity index (χ4n) is 3.56. The van der Waals surface area contributed by atoms with Crippen molar-refractivity contribution in [1.82, 2.24) is 4.90 Å². The molecule has 0 N–H and O–H groups in total. The summed E-state index contributed by atoms with van der Waals surface area (Å²) < 4.78 is 12.3. The van der Waals surface area contributed by atoms with Gasteiger partial charge in [-0.2, -0.15) is 29.8 Å². The summed E-state index contributed by atoms with van der Waals surface area (Å²) >= 11 is 0. The SMILES string of the molecule is FCCCN1CC[C@H]2c3cc[c-]cc3CC[C@H]21.[Li+]. The van der Waals surface area contributed by atoms with E-state index < -0.39 is 0 Å². The number of aryl methyl sites for hydroxylation is 1. The molecule has 18 heavy (non-hydrogen) atoms. The van der Waals surface area contributed by atoms with E-state index in [1.807, 2.05) is 6.07 Å². The number of benzene rings is 1. The first-order valence-corrected chi connectivity index (χ1v) is 6.69. The Kier molecular flexibility index (Phi) is 4.89. The summed E-state index contributed by atoms with van der Waals surface area (Å²) in [7, 11) is 0. The van der Waals surface area contributed by atoms with Gasteiger partial charge in [0.2, 0.25) is 0 Å². The number of rotatable bonds is 3. The molecule has 3 heteroatoms. The van der Waals surface area contributed by atoms with Crippen LogP contribution in [0.3, 0.4) is 0 Å². The van der Waals surface area contributed by atoms with Crippen molar-refractivity contribution in [2.24, 2.45) is 0 Å². The molecule has 1 aliphatic heterocycles. The number of fused-ring (bicyclic) bond motifs is 3. The molecule has 1 fully saturated rings. The largest absolute Gasteiger partial charge is 1.00 e. The van der Waals surface area contributed by atoms with E-state index in [0.717, 1.165) is 13.1 Å². The van der Waals surface area contributed by atoms with E-state index in [0.29, 0.717) is 18.4 Å². The Hall–Kier alpha value is -0.293. The van der Waals surface area contributed by atoms with E-state index >= 15 is 0 Å². The van der Waals surface area contributed by atoms with Crippen LogP contribution in [0.5, 0.6) is 0 Å². The van der Waals surface area contributed by atoms with E-state index in [9.17, 15) is 4.39 Å². The van der Waals surface area contributed by atoms with E-state index in [1.165, 1.54) is 30.4 Å². The van der Waals surface area contributed by atoms with Crippen LogP contribution in [0.2, 0.25) is 0 Å². The molecule has 1 aromatic rings. The maximum absolute atomic E-state index is 12.3. The minimum atomic E-state index is -0.181. The van der Waals surface area contributed by atoms with Crippen LogP contribution in [0.1, 0.15) is 36.3 Å². The summed E-state index contributed by atoms with van der Waals surface area (Å²) in [5.74, 6) is 0.688. The predicted molar refractivity (Wildman–Crippen MR) is 66.9 cm³/mol. The van der Waals surface area contributed by atoms with E-state index in [1.54, 1.807) is 0 Å². The van der Waals surface area contributed by atoms with E-state index in [4.69, 9.17) is 0 Å². The molecule has 0 saturated carbocycles. The second-order valence-electron chi connectivity index (χ2n) is 5.20. The van der Waals surface area contributed by atoms with Crippen molar-refractivity contribution < 1.29 is 23.3 Å². The Labute approximate surface area is 121 Å². The molecule has 0 amide bonds. The topological polar surface area (TPSA) is 3.24 Å². The minimum absolute atomic E-state index is 0. The molecule has 2 aliphatic rings. The first kappa shape index (κ1) is 14.1. The van der Waals surface area contributed by atoms with Crippen LogP contribution in [0, 0.1) is 6.07 Å². The third kappa shape index (κ3) is 2.52. The molecular formula is C15H19FLiN. The molecule has 2 atom stereocenters. The molecule has 0 bridgehead atoms. The second kappa shape index (κ2) is 6.24. The number of hydrogen-bond donors (Lipinski definition) is 0. The van der Waals surface area contributed by atoms with Gasteiger partial charge in [-0.05, 0) is 31.7 Å². The zero-order chi connectivity index (χ0) is 11.7. The van der Waals surface area contributed by atoms with Gasteiger partial charge < -0.3 is 0 Å². The maximum Gasteiger partial charge on any atom is 1.00 e. The number of alkyl halides is 1. The van der Waals surface area contributed by atoms with Crippen LogP contribution in [0.25, 0.3) is 0 Å². The Bertz CT molecular complexity index is 396. The average molecular weight is 239 g/mol. The smallest absolute Gasteiger partial charge is 0.300 e. The fourth-order valence-corrected chi connectivity index (χ4v) is 3.56.